The molecule has 0 aromatic carbocycles. The van der Waals surface area contributed by atoms with E-state index in [0.717, 1.165) is 54.8 Å². The molecule has 0 radical (unpaired) electrons. The van der Waals surface area contributed by atoms with Crippen LogP contribution in [0, 0.1) is 46.3 Å². The Morgan fingerprint density at radius 3 is 2.59 bits per heavy atom. The molecule has 4 aliphatic rings. The Hall–Kier alpha value is -0.840. The second kappa shape index (κ2) is 12.6. The van der Waals surface area contributed by atoms with Gasteiger partial charge in [-0.25, -0.2) is 4.79 Å². The van der Waals surface area contributed by atoms with E-state index in [1.165, 1.54) is 63.6 Å². The summed E-state index contributed by atoms with van der Waals surface area (Å²) in [6.07, 6.45) is 16.4. The lowest BCUT2D eigenvalue weighted by Crippen LogP contribution is -2.51. The van der Waals surface area contributed by atoms with Crippen LogP contribution in [-0.2, 0) is 13.8 Å². The Balaban J connectivity index is 1.31. The van der Waals surface area contributed by atoms with Crippen LogP contribution in [0.5, 0.6) is 0 Å². The highest BCUT2D eigenvalue weighted by atomic mass is 31.2. The molecule has 0 bridgehead atoms. The molecule has 0 saturated heterocycles. The van der Waals surface area contributed by atoms with Gasteiger partial charge in [-0.3, -0.25) is 4.57 Å². The Kier molecular flexibility index (Phi) is 10.0. The molecule has 39 heavy (non-hydrogen) atoms. The van der Waals surface area contributed by atoms with Crippen LogP contribution in [0.4, 0.5) is 4.79 Å². The average molecular weight is 566 g/mol. The summed E-state index contributed by atoms with van der Waals surface area (Å²) in [5, 5.41) is 2.77. The van der Waals surface area contributed by atoms with Crippen molar-refractivity contribution in [2.45, 2.75) is 118 Å². The number of hydrogen-bond acceptors (Lipinski definition) is 4. The van der Waals surface area contributed by atoms with E-state index in [2.05, 4.69) is 46.0 Å². The molecule has 0 aromatic rings. The highest BCUT2D eigenvalue weighted by Crippen LogP contribution is 2.67. The van der Waals surface area contributed by atoms with Gasteiger partial charge in [-0.15, -0.1) is 0 Å². The van der Waals surface area contributed by atoms with E-state index in [9.17, 15) is 14.3 Å². The maximum absolute atomic E-state index is 12.4. The van der Waals surface area contributed by atoms with Crippen molar-refractivity contribution in [3.8, 4) is 0 Å². The Labute approximate surface area is 238 Å². The summed E-state index contributed by atoms with van der Waals surface area (Å²) in [5.74, 6) is 4.98. The number of hydrogen-bond donors (Lipinski definition) is 2. The number of rotatable bonds is 11. The number of alkyl carbamates (subject to hydrolysis) is 1. The van der Waals surface area contributed by atoms with Gasteiger partial charge in [0.25, 0.3) is 0 Å². The molecule has 0 aliphatic heterocycles. The van der Waals surface area contributed by atoms with E-state index in [1.54, 1.807) is 0 Å². The molecule has 0 spiro atoms. The van der Waals surface area contributed by atoms with Crippen molar-refractivity contribution >= 4 is 13.7 Å². The second-order valence-electron chi connectivity index (χ2n) is 14.5. The molecule has 3 fully saturated rings. The molecule has 1 unspecified atom stereocenters. The summed E-state index contributed by atoms with van der Waals surface area (Å²) in [6, 6.07) is 0. The van der Waals surface area contributed by atoms with Gasteiger partial charge in [0, 0.05) is 19.6 Å². The van der Waals surface area contributed by atoms with Crippen molar-refractivity contribution < 1.29 is 23.5 Å². The zero-order valence-electron chi connectivity index (χ0n) is 25.5. The van der Waals surface area contributed by atoms with E-state index in [-0.39, 0.29) is 18.1 Å². The normalized spacial score (nSPS) is 38.2. The fraction of sp³-hybridized carbons (Fsp3) is 0.906. The molecular weight excluding hydrogens is 509 g/mol. The molecule has 2 N–H and O–H groups in total. The maximum atomic E-state index is 12.4. The first-order valence-electron chi connectivity index (χ1n) is 15.9. The van der Waals surface area contributed by atoms with Gasteiger partial charge in [-0.1, -0.05) is 65.5 Å². The summed E-state index contributed by atoms with van der Waals surface area (Å²) < 4.78 is 21.8. The highest BCUT2D eigenvalue weighted by molar-refractivity contribution is 7.51. The predicted molar refractivity (Wildman–Crippen MR) is 158 cm³/mol. The largest absolute Gasteiger partial charge is 0.446 e. The van der Waals surface area contributed by atoms with Gasteiger partial charge >= 0.3 is 13.7 Å². The zero-order valence-corrected chi connectivity index (χ0v) is 26.4. The monoisotopic (exact) mass is 565 g/mol. The van der Waals surface area contributed by atoms with E-state index in [4.69, 9.17) is 9.26 Å². The molecule has 4 aliphatic carbocycles. The van der Waals surface area contributed by atoms with E-state index in [0.29, 0.717) is 18.4 Å². The molecule has 224 valence electrons. The van der Waals surface area contributed by atoms with Crippen LogP contribution in [0.3, 0.4) is 0 Å². The second-order valence-corrected chi connectivity index (χ2v) is 16.3. The molecule has 0 aromatic heterocycles. The minimum absolute atomic E-state index is 0.0677. The number of fused-ring (bicyclic) bond motifs is 5. The number of carbonyl (C=O) groups is 1. The van der Waals surface area contributed by atoms with Gasteiger partial charge in [0.15, 0.2) is 0 Å². The number of carbonyl (C=O) groups excluding carboxylic acids is 1. The van der Waals surface area contributed by atoms with Crippen molar-refractivity contribution in [1.29, 1.82) is 0 Å². The molecule has 9 atom stereocenters. The molecule has 4 rings (SSSR count). The fourth-order valence-electron chi connectivity index (χ4n) is 9.44. The number of nitrogens with one attached hydrogen (secondary N) is 1. The van der Waals surface area contributed by atoms with Crippen LogP contribution in [0.1, 0.15) is 112 Å². The minimum Gasteiger partial charge on any atom is -0.446 e. The highest BCUT2D eigenvalue weighted by Gasteiger charge is 2.59. The van der Waals surface area contributed by atoms with E-state index < -0.39 is 13.7 Å². The number of ether oxygens (including phenoxy) is 1. The summed E-state index contributed by atoms with van der Waals surface area (Å²) in [6.45, 7) is 14.1. The van der Waals surface area contributed by atoms with Gasteiger partial charge in [0.1, 0.15) is 6.10 Å². The molecular formula is C32H56NO5P. The van der Waals surface area contributed by atoms with Crippen molar-refractivity contribution in [2.75, 3.05) is 19.8 Å². The summed E-state index contributed by atoms with van der Waals surface area (Å²) in [7, 11) is -3.46. The Morgan fingerprint density at radius 2 is 1.87 bits per heavy atom. The molecule has 6 nitrogen and oxygen atoms in total. The zero-order chi connectivity index (χ0) is 28.4. The topological polar surface area (TPSA) is 84.9 Å². The fourth-order valence-corrected chi connectivity index (χ4v) is 9.91. The van der Waals surface area contributed by atoms with Gasteiger partial charge in [0.2, 0.25) is 0 Å². The molecule has 7 heteroatoms. The average Bonchev–Trinajstić information content (AvgIpc) is 3.20. The third kappa shape index (κ3) is 7.15. The van der Waals surface area contributed by atoms with Crippen LogP contribution in [0.25, 0.3) is 0 Å². The first kappa shape index (κ1) is 31.1. The van der Waals surface area contributed by atoms with Crippen LogP contribution < -0.4 is 5.32 Å². The SMILES string of the molecule is CC(C)CCC[C@@H](C)[C@H]1CC[C@H]2[C@@H]3CC=C4C[C@@H](OC(=O)NCCCOP(C)(=O)O)CC[C@]4(C)[C@H]3CC[C@]12C. The van der Waals surface area contributed by atoms with Crippen LogP contribution >= 0.6 is 7.60 Å². The Bertz CT molecular complexity index is 930. The minimum atomic E-state index is -3.46. The lowest BCUT2D eigenvalue weighted by molar-refractivity contribution is -0.0581. The first-order chi connectivity index (χ1) is 18.3. The Morgan fingerprint density at radius 1 is 1.10 bits per heavy atom. The quantitative estimate of drug-likeness (QED) is 0.149. The lowest BCUT2D eigenvalue weighted by Gasteiger charge is -2.58. The number of allylic oxidation sites excluding steroid dienone is 1. The summed E-state index contributed by atoms with van der Waals surface area (Å²) >= 11 is 0. The third-order valence-corrected chi connectivity index (χ3v) is 12.1. The van der Waals surface area contributed by atoms with Crippen LogP contribution in [0.2, 0.25) is 0 Å². The molecule has 3 saturated carbocycles. The van der Waals surface area contributed by atoms with Crippen molar-refractivity contribution in [3.63, 3.8) is 0 Å². The summed E-state index contributed by atoms with van der Waals surface area (Å²) in [4.78, 5) is 21.6. The van der Waals surface area contributed by atoms with Gasteiger partial charge in [-0.2, -0.15) is 0 Å². The maximum Gasteiger partial charge on any atom is 0.407 e. The predicted octanol–water partition coefficient (Wildman–Crippen LogP) is 8.34. The molecule has 0 heterocycles. The van der Waals surface area contributed by atoms with E-state index >= 15 is 0 Å². The lowest BCUT2D eigenvalue weighted by atomic mass is 9.47. The van der Waals surface area contributed by atoms with Crippen LogP contribution in [0.15, 0.2) is 11.6 Å². The van der Waals surface area contributed by atoms with Crippen molar-refractivity contribution in [3.05, 3.63) is 11.6 Å². The summed E-state index contributed by atoms with van der Waals surface area (Å²) in [5.41, 5.74) is 2.29. The first-order valence-corrected chi connectivity index (χ1v) is 17.9. The van der Waals surface area contributed by atoms with Crippen LogP contribution in [-0.4, -0.2) is 36.9 Å². The molecule has 1 amide bonds. The smallest absolute Gasteiger partial charge is 0.407 e. The van der Waals surface area contributed by atoms with E-state index in [1.807, 2.05) is 0 Å². The van der Waals surface area contributed by atoms with Crippen molar-refractivity contribution in [1.82, 2.24) is 5.32 Å². The van der Waals surface area contributed by atoms with Crippen molar-refractivity contribution in [2.24, 2.45) is 46.3 Å². The standard InChI is InChI=1S/C32H56NO5P/c1-22(2)9-7-10-23(3)27-13-14-28-26-12-11-24-21-25(38-30(34)33-19-8-20-37-39(6,35)36)15-17-31(24,4)29(26)16-18-32(27,28)5/h11,22-23,25-29H,7-10,12-21H2,1-6H3,(H,33,34)(H,35,36)/t23-,25+,26+,27-,28+,29+,31+,32-/m1/s1. The third-order valence-electron chi connectivity index (χ3n) is 11.5. The number of amides is 1. The van der Waals surface area contributed by atoms with Gasteiger partial charge in [0.05, 0.1) is 6.61 Å². The van der Waals surface area contributed by atoms with Gasteiger partial charge < -0.3 is 19.5 Å². The van der Waals surface area contributed by atoms with Gasteiger partial charge in [-0.05, 0) is 97.7 Å².